The van der Waals surface area contributed by atoms with Gasteiger partial charge in [-0.1, -0.05) is 0 Å². The number of nitrogens with one attached hydrogen (secondary N) is 1. The molecule has 22 heavy (non-hydrogen) atoms. The third-order valence-corrected chi connectivity index (χ3v) is 4.55. The highest BCUT2D eigenvalue weighted by Crippen LogP contribution is 2.26. The molecule has 0 saturated carbocycles. The van der Waals surface area contributed by atoms with Crippen LogP contribution < -0.4 is 5.32 Å². The van der Waals surface area contributed by atoms with E-state index in [4.69, 9.17) is 0 Å². The average molecular weight is 315 g/mol. The molecule has 4 rings (SSSR count). The van der Waals surface area contributed by atoms with Gasteiger partial charge in [0.1, 0.15) is 18.0 Å². The van der Waals surface area contributed by atoms with E-state index in [2.05, 4.69) is 20.4 Å². The van der Waals surface area contributed by atoms with Crippen LogP contribution in [0.4, 0.5) is 9.52 Å². The summed E-state index contributed by atoms with van der Waals surface area (Å²) in [6.45, 7) is 0.806. The molecule has 2 aromatic heterocycles. The predicted octanol–water partition coefficient (Wildman–Crippen LogP) is 2.97. The molecule has 3 aromatic rings. The molecule has 0 amide bonds. The van der Waals surface area contributed by atoms with Crippen molar-refractivity contribution in [3.8, 4) is 11.3 Å². The maximum atomic E-state index is 13.0. The van der Waals surface area contributed by atoms with Gasteiger partial charge in [0, 0.05) is 23.4 Å². The summed E-state index contributed by atoms with van der Waals surface area (Å²) in [7, 11) is 0. The lowest BCUT2D eigenvalue weighted by Crippen LogP contribution is -2.31. The smallest absolute Gasteiger partial charge is 0.183 e. The van der Waals surface area contributed by atoms with Gasteiger partial charge in [-0.15, -0.1) is 11.3 Å². The molecular weight excluding hydrogens is 301 g/mol. The summed E-state index contributed by atoms with van der Waals surface area (Å²) >= 11 is 1.56. The zero-order valence-corrected chi connectivity index (χ0v) is 12.6. The lowest BCUT2D eigenvalue weighted by molar-refractivity contribution is 0.441. The van der Waals surface area contributed by atoms with Crippen molar-refractivity contribution in [2.45, 2.75) is 25.4 Å². The van der Waals surface area contributed by atoms with Crippen molar-refractivity contribution < 1.29 is 4.39 Å². The fourth-order valence-corrected chi connectivity index (χ4v) is 3.42. The number of benzene rings is 1. The molecule has 7 heteroatoms. The SMILES string of the molecule is Fc1ccc(-c2csc(NC3CCc4ncnn4C3)n2)cc1. The Morgan fingerprint density at radius 3 is 3.00 bits per heavy atom. The van der Waals surface area contributed by atoms with Crippen molar-refractivity contribution in [1.29, 1.82) is 0 Å². The molecular formula is C15H14FN5S. The standard InChI is InChI=1S/C15H14FN5S/c16-11-3-1-10(2-4-11)13-8-22-15(20-13)19-12-5-6-14-17-9-18-21(14)7-12/h1-4,8-9,12H,5-7H2,(H,19,20). The Hall–Kier alpha value is -2.28. The van der Waals surface area contributed by atoms with Gasteiger partial charge in [-0.2, -0.15) is 5.10 Å². The van der Waals surface area contributed by atoms with Gasteiger partial charge in [0.25, 0.3) is 0 Å². The number of anilines is 1. The molecule has 0 fully saturated rings. The summed E-state index contributed by atoms with van der Waals surface area (Å²) in [6, 6.07) is 6.71. The lowest BCUT2D eigenvalue weighted by atomic mass is 10.1. The third kappa shape index (κ3) is 2.59. The van der Waals surface area contributed by atoms with Crippen LogP contribution in [0.2, 0.25) is 0 Å². The highest BCUT2D eigenvalue weighted by molar-refractivity contribution is 7.14. The van der Waals surface area contributed by atoms with Crippen LogP contribution in [0.5, 0.6) is 0 Å². The Morgan fingerprint density at radius 1 is 1.27 bits per heavy atom. The second-order valence-electron chi connectivity index (χ2n) is 5.28. The molecule has 112 valence electrons. The summed E-state index contributed by atoms with van der Waals surface area (Å²) in [5, 5.41) is 10.5. The molecule has 0 bridgehead atoms. The van der Waals surface area contributed by atoms with Gasteiger partial charge in [-0.05, 0) is 30.7 Å². The van der Waals surface area contributed by atoms with Gasteiger partial charge in [-0.3, -0.25) is 0 Å². The fourth-order valence-electron chi connectivity index (χ4n) is 2.62. The molecule has 1 unspecified atom stereocenters. The second kappa shape index (κ2) is 5.49. The Balaban J connectivity index is 1.47. The molecule has 3 heterocycles. The normalized spacial score (nSPS) is 17.2. The van der Waals surface area contributed by atoms with Gasteiger partial charge in [0.2, 0.25) is 0 Å². The number of fused-ring (bicyclic) bond motifs is 1. The van der Waals surface area contributed by atoms with Crippen molar-refractivity contribution in [3.63, 3.8) is 0 Å². The monoisotopic (exact) mass is 315 g/mol. The highest BCUT2D eigenvalue weighted by Gasteiger charge is 2.20. The number of rotatable bonds is 3. The van der Waals surface area contributed by atoms with Crippen LogP contribution in [0.15, 0.2) is 36.0 Å². The van der Waals surface area contributed by atoms with Crippen LogP contribution in [0.1, 0.15) is 12.2 Å². The quantitative estimate of drug-likeness (QED) is 0.807. The Bertz CT molecular complexity index is 779. The van der Waals surface area contributed by atoms with Crippen LogP contribution in [-0.4, -0.2) is 25.8 Å². The number of nitrogens with zero attached hydrogens (tertiary/aromatic N) is 4. The largest absolute Gasteiger partial charge is 0.357 e. The number of hydrogen-bond donors (Lipinski definition) is 1. The van der Waals surface area contributed by atoms with Gasteiger partial charge in [0.15, 0.2) is 5.13 Å². The summed E-state index contributed by atoms with van der Waals surface area (Å²) in [5.41, 5.74) is 1.79. The summed E-state index contributed by atoms with van der Waals surface area (Å²) in [4.78, 5) is 8.82. The van der Waals surface area contributed by atoms with E-state index in [0.29, 0.717) is 6.04 Å². The molecule has 0 aliphatic carbocycles. The van der Waals surface area contributed by atoms with Crippen LogP contribution in [0.3, 0.4) is 0 Å². The molecule has 1 N–H and O–H groups in total. The van der Waals surface area contributed by atoms with E-state index in [1.165, 1.54) is 12.1 Å². The minimum atomic E-state index is -0.233. The molecule has 0 spiro atoms. The number of halogens is 1. The van der Waals surface area contributed by atoms with E-state index >= 15 is 0 Å². The van der Waals surface area contributed by atoms with Crippen LogP contribution >= 0.6 is 11.3 Å². The van der Waals surface area contributed by atoms with E-state index in [-0.39, 0.29) is 5.82 Å². The van der Waals surface area contributed by atoms with Gasteiger partial charge < -0.3 is 5.32 Å². The minimum Gasteiger partial charge on any atom is -0.357 e. The minimum absolute atomic E-state index is 0.233. The van der Waals surface area contributed by atoms with Crippen molar-refractivity contribution in [3.05, 3.63) is 47.6 Å². The Labute approximate surface area is 130 Å². The topological polar surface area (TPSA) is 55.6 Å². The fraction of sp³-hybridized carbons (Fsp3) is 0.267. The second-order valence-corrected chi connectivity index (χ2v) is 6.14. The summed E-state index contributed by atoms with van der Waals surface area (Å²) in [5.74, 6) is 0.812. The number of hydrogen-bond acceptors (Lipinski definition) is 5. The van der Waals surface area contributed by atoms with Crippen molar-refractivity contribution >= 4 is 16.5 Å². The predicted molar refractivity (Wildman–Crippen MR) is 83.3 cm³/mol. The van der Waals surface area contributed by atoms with Gasteiger partial charge in [0.05, 0.1) is 12.2 Å². The van der Waals surface area contributed by atoms with Crippen molar-refractivity contribution in [2.75, 3.05) is 5.32 Å². The molecule has 1 aliphatic heterocycles. The first-order chi connectivity index (χ1) is 10.8. The molecule has 1 aliphatic rings. The summed E-state index contributed by atoms with van der Waals surface area (Å²) < 4.78 is 14.9. The maximum absolute atomic E-state index is 13.0. The number of thiazole rings is 1. The van der Waals surface area contributed by atoms with Crippen molar-refractivity contribution in [1.82, 2.24) is 19.7 Å². The van der Waals surface area contributed by atoms with E-state index in [9.17, 15) is 4.39 Å². The van der Waals surface area contributed by atoms with E-state index in [1.54, 1.807) is 29.8 Å². The Morgan fingerprint density at radius 2 is 2.14 bits per heavy atom. The van der Waals surface area contributed by atoms with Gasteiger partial charge >= 0.3 is 0 Å². The van der Waals surface area contributed by atoms with Crippen molar-refractivity contribution in [2.24, 2.45) is 0 Å². The van der Waals surface area contributed by atoms with Crippen LogP contribution in [-0.2, 0) is 13.0 Å². The van der Waals surface area contributed by atoms with Gasteiger partial charge in [-0.25, -0.2) is 19.0 Å². The average Bonchev–Trinajstić information content (AvgIpc) is 3.17. The lowest BCUT2D eigenvalue weighted by Gasteiger charge is -2.23. The number of aromatic nitrogens is 4. The van der Waals surface area contributed by atoms with E-state index in [1.807, 2.05) is 10.1 Å². The molecule has 1 atom stereocenters. The van der Waals surface area contributed by atoms with Crippen LogP contribution in [0, 0.1) is 5.82 Å². The first-order valence-corrected chi connectivity index (χ1v) is 8.00. The van der Waals surface area contributed by atoms with Crippen LogP contribution in [0.25, 0.3) is 11.3 Å². The zero-order chi connectivity index (χ0) is 14.9. The van der Waals surface area contributed by atoms with E-state index < -0.39 is 0 Å². The molecule has 0 saturated heterocycles. The molecule has 0 radical (unpaired) electrons. The molecule has 1 aromatic carbocycles. The maximum Gasteiger partial charge on any atom is 0.183 e. The highest BCUT2D eigenvalue weighted by atomic mass is 32.1. The Kier molecular flexibility index (Phi) is 3.34. The first-order valence-electron chi connectivity index (χ1n) is 7.12. The number of aryl methyl sites for hydroxylation is 1. The summed E-state index contributed by atoms with van der Waals surface area (Å²) in [6.07, 6.45) is 3.55. The zero-order valence-electron chi connectivity index (χ0n) is 11.7. The molecule has 5 nitrogen and oxygen atoms in total. The third-order valence-electron chi connectivity index (χ3n) is 3.78. The first kappa shape index (κ1) is 13.4. The van der Waals surface area contributed by atoms with E-state index in [0.717, 1.165) is 41.6 Å².